The van der Waals surface area contributed by atoms with Crippen LogP contribution in [0.3, 0.4) is 0 Å². The Morgan fingerprint density at radius 3 is 1.27 bits per heavy atom. The molecule has 0 spiro atoms. The molecule has 0 bridgehead atoms. The van der Waals surface area contributed by atoms with Crippen LogP contribution >= 0.6 is 11.3 Å². The second-order valence-electron chi connectivity index (χ2n) is 30.7. The van der Waals surface area contributed by atoms with E-state index in [9.17, 15) is 67.6 Å². The van der Waals surface area contributed by atoms with Crippen LogP contribution in [-0.4, -0.2) is 242 Å². The summed E-state index contributed by atoms with van der Waals surface area (Å²) in [6, 6.07) is 47.0. The van der Waals surface area contributed by atoms with Gasteiger partial charge >= 0.3 is 29.2 Å². The van der Waals surface area contributed by atoms with Gasteiger partial charge in [0.1, 0.15) is 33.8 Å². The Kier molecular flexibility index (Phi) is 28.4. The maximum Gasteiger partial charge on any atom is 0.357 e. The number of hydrogen-bond donors (Lipinski definition) is 1. The number of pyridine rings is 5. The highest BCUT2D eigenvalue weighted by atomic mass is 32.1. The van der Waals surface area contributed by atoms with Gasteiger partial charge < -0.3 is 72.4 Å². The van der Waals surface area contributed by atoms with Crippen molar-refractivity contribution >= 4 is 131 Å². The van der Waals surface area contributed by atoms with Crippen LogP contribution in [0.4, 0.5) is 28.4 Å². The van der Waals surface area contributed by atoms with Crippen molar-refractivity contribution in [2.45, 2.75) is 46.2 Å². The van der Waals surface area contributed by atoms with Crippen LogP contribution in [-0.2, 0) is 46.7 Å². The van der Waals surface area contributed by atoms with Gasteiger partial charge in [0.05, 0.1) is 87.5 Å². The van der Waals surface area contributed by atoms with Gasteiger partial charge in [0.2, 0.25) is 5.91 Å². The van der Waals surface area contributed by atoms with Gasteiger partial charge in [-0.1, -0.05) is 115 Å². The molecule has 662 valence electrons. The molecule has 1 atom stereocenters. The Hall–Kier alpha value is -14.6. The third-order valence-corrected chi connectivity index (χ3v) is 24.1. The summed E-state index contributed by atoms with van der Waals surface area (Å²) in [5.41, 5.74) is 3.42. The molecule has 5 aliphatic rings. The molecule has 5 saturated heterocycles. The Morgan fingerprint density at radius 2 is 0.844 bits per heavy atom. The molecule has 5 aromatic carbocycles. The first kappa shape index (κ1) is 89.7. The zero-order valence-electron chi connectivity index (χ0n) is 71.7. The number of benzene rings is 5. The van der Waals surface area contributed by atoms with E-state index in [0.29, 0.717) is 171 Å². The number of ketones is 1. The van der Waals surface area contributed by atoms with Crippen LogP contribution in [0.15, 0.2) is 207 Å². The first-order valence-electron chi connectivity index (χ1n) is 42.4. The number of hydrogen-bond acceptors (Lipinski definition) is 26. The van der Waals surface area contributed by atoms with E-state index in [1.165, 1.54) is 48.2 Å². The van der Waals surface area contributed by atoms with Crippen LogP contribution in [0.5, 0.6) is 0 Å². The van der Waals surface area contributed by atoms with E-state index in [-0.39, 0.29) is 84.1 Å². The normalized spacial score (nSPS) is 15.2. The van der Waals surface area contributed by atoms with Gasteiger partial charge in [0.25, 0.3) is 34.4 Å². The number of rotatable bonds is 18. The van der Waals surface area contributed by atoms with Crippen LogP contribution in [0, 0.1) is 10.1 Å². The van der Waals surface area contributed by atoms with Gasteiger partial charge in [-0.2, -0.15) is 0 Å². The number of piperazine rings is 4. The van der Waals surface area contributed by atoms with E-state index >= 15 is 0 Å². The number of thiophene rings is 1. The summed E-state index contributed by atoms with van der Waals surface area (Å²) in [6.07, 6.45) is 7.91. The number of ether oxygens (including phenoxy) is 3. The number of esters is 3. The molecule has 4 amide bonds. The summed E-state index contributed by atoms with van der Waals surface area (Å²) in [5, 5.41) is 19.8. The maximum absolute atomic E-state index is 13.9. The molecular weight excluding hydrogens is 1660 g/mol. The van der Waals surface area contributed by atoms with E-state index in [0.717, 1.165) is 41.2 Å². The van der Waals surface area contributed by atoms with Crippen molar-refractivity contribution in [3.63, 3.8) is 0 Å². The fourth-order valence-corrected chi connectivity index (χ4v) is 17.6. The molecule has 0 saturated carbocycles. The molecule has 35 heteroatoms. The maximum atomic E-state index is 13.9. The molecule has 17 rings (SSSR count). The Morgan fingerprint density at radius 1 is 0.438 bits per heavy atom. The Labute approximate surface area is 738 Å². The predicted molar refractivity (Wildman–Crippen MR) is 486 cm³/mol. The number of nitrogens with zero attached hydrogens (tertiary/aromatic N) is 16. The minimum absolute atomic E-state index is 0.0232. The molecule has 1 N–H and O–H groups in total. The topological polar surface area (TPSA) is 372 Å². The lowest BCUT2D eigenvalue weighted by Crippen LogP contribution is -2.53. The molecule has 0 radical (unpaired) electrons. The number of anilines is 4. The summed E-state index contributed by atoms with van der Waals surface area (Å²) < 4.78 is 21.4. The minimum Gasteiger partial charge on any atom is -0.462 e. The highest BCUT2D eigenvalue weighted by Crippen LogP contribution is 2.37. The number of amides is 4. The van der Waals surface area contributed by atoms with E-state index in [2.05, 4.69) is 20.3 Å². The van der Waals surface area contributed by atoms with E-state index in [1.54, 1.807) is 130 Å². The minimum atomic E-state index is -0.726. The van der Waals surface area contributed by atoms with Crippen molar-refractivity contribution in [1.29, 1.82) is 0 Å². The molecule has 12 aromatic rings. The summed E-state index contributed by atoms with van der Waals surface area (Å²) >= 11 is 1.40. The predicted octanol–water partition coefficient (Wildman–Crippen LogP) is 8.47. The first-order valence-corrected chi connectivity index (χ1v) is 43.3. The molecule has 7 aromatic heterocycles. The number of Topliss-reactive ketones (excluding diaryl/α,β-unsaturated/α-hetero) is 1. The lowest BCUT2D eigenvalue weighted by Gasteiger charge is -2.37. The second-order valence-corrected chi connectivity index (χ2v) is 31.7. The number of para-hydroxylation sites is 4. The van der Waals surface area contributed by atoms with Gasteiger partial charge in [-0.3, -0.25) is 67.8 Å². The van der Waals surface area contributed by atoms with Gasteiger partial charge in [-0.05, 0) is 88.0 Å². The zero-order chi connectivity index (χ0) is 90.4. The van der Waals surface area contributed by atoms with E-state index in [1.807, 2.05) is 121 Å². The lowest BCUT2D eigenvalue weighted by atomic mass is 10.0. The van der Waals surface area contributed by atoms with Crippen molar-refractivity contribution < 1.29 is 57.5 Å². The average Bonchev–Trinajstić information content (AvgIpc) is 0.994. The number of carbonyl (C=O) groups excluding carboxylic acids is 8. The fraction of sp³-hybridized carbons (Fsp3) is 0.323. The van der Waals surface area contributed by atoms with Crippen LogP contribution in [0.25, 0.3) is 43.6 Å². The molecule has 34 nitrogen and oxygen atoms in total. The van der Waals surface area contributed by atoms with Crippen molar-refractivity contribution in [3.8, 4) is 0 Å². The molecule has 128 heavy (non-hydrogen) atoms. The molecular formula is C93H97N17O17S. The summed E-state index contributed by atoms with van der Waals surface area (Å²) in [4.78, 5) is 194. The molecule has 1 unspecified atom stereocenters. The zero-order valence-corrected chi connectivity index (χ0v) is 72.6. The SMILES string of the molecule is CCOC(=O)c1c(N2CCN(C(=O)c3ccccn3)CC2)c2ccccc2n(C)c1=O.CCOC(=O)c1c(N2CCN(C(=O)c3cccs3)CC2)c2ccccc2n(CC(=O)c2ccccc2)c1=O.CCOC(=O)c1c(N2CCN(C(=O)c3cnccn3)CC2)c2ccccc2n(C)c1=O.Cn1c(=O)c([N+](=O)[O-])c(N2CCN(C(=O)C3CCCN3)CC2)c2ccccc21. The van der Waals surface area contributed by atoms with E-state index in [4.69, 9.17) is 14.2 Å². The van der Waals surface area contributed by atoms with Gasteiger partial charge in [-0.15, -0.1) is 11.3 Å². The summed E-state index contributed by atoms with van der Waals surface area (Å²) in [7, 11) is 4.85. The quantitative estimate of drug-likeness (QED) is 0.0276. The molecule has 0 aliphatic carbocycles. The Balaban J connectivity index is 0.000000139. The first-order chi connectivity index (χ1) is 62.0. The molecule has 5 fully saturated rings. The fourth-order valence-electron chi connectivity index (χ4n) is 16.9. The average molecular weight is 1760 g/mol. The number of aromatic nitrogens is 7. The highest BCUT2D eigenvalue weighted by molar-refractivity contribution is 7.12. The molecule has 5 aliphatic heterocycles. The summed E-state index contributed by atoms with van der Waals surface area (Å²) in [5.74, 6) is -2.47. The second kappa shape index (κ2) is 40.6. The van der Waals surface area contributed by atoms with Crippen molar-refractivity contribution in [3.05, 3.63) is 278 Å². The number of aryl methyl sites for hydroxylation is 3. The van der Waals surface area contributed by atoms with Gasteiger partial charge in [-0.25, -0.2) is 19.4 Å². The van der Waals surface area contributed by atoms with Crippen molar-refractivity contribution in [1.82, 2.24) is 58.1 Å². The lowest BCUT2D eigenvalue weighted by molar-refractivity contribution is -0.385. The van der Waals surface area contributed by atoms with Crippen LogP contribution in [0.1, 0.15) is 106 Å². The number of carbonyl (C=O) groups is 8. The standard InChI is InChI=1S/C29H27N3O5S.C23H24N4O4.C22H23N5O4.C19H23N5O4/c1-2-37-29(36)25-26(30-14-16-31(17-15-30)27(34)24-13-8-18-38-24)21-11-6-7-12-22(21)32(28(25)35)19-23(33)20-9-4-3-5-10-20;1-3-31-23(30)19-20(16-8-4-5-10-18(16)25(2)22(19)29)26-12-14-27(15-13-26)21(28)17-9-6-7-11-24-17;1-3-31-22(30)18-19(15-6-4-5-7-17(15)25(2)21(18)29)26-10-12-27(13-11-26)20(28)16-14-23-8-9-24-16;1-21-15-7-3-2-5-13(15)16(17(19(21)26)24(27)28)22-9-11-23(12-10-22)18(25)14-6-4-8-20-14/h3-13,18H,2,14-17,19H2,1H3;4-11H,3,12-15H2,1-2H3;4-9,14H,3,10-13H2,1-2H3;2-3,5,7,14,20H,4,6,8-12H2,1H3. The number of nitrogens with one attached hydrogen (secondary N) is 1. The molecule has 12 heterocycles. The van der Waals surface area contributed by atoms with Crippen molar-refractivity contribution in [2.75, 3.05) is 151 Å². The third-order valence-electron chi connectivity index (χ3n) is 23.3. The van der Waals surface area contributed by atoms with E-state index < -0.39 is 45.2 Å². The van der Waals surface area contributed by atoms with Crippen molar-refractivity contribution in [2.24, 2.45) is 21.1 Å². The third kappa shape index (κ3) is 18.8. The number of fused-ring (bicyclic) bond motifs is 4. The Bertz CT molecular complexity index is 6240. The smallest absolute Gasteiger partial charge is 0.357 e. The highest BCUT2D eigenvalue weighted by Gasteiger charge is 2.38. The summed E-state index contributed by atoms with van der Waals surface area (Å²) in [6.45, 7) is 13.6. The largest absolute Gasteiger partial charge is 0.462 e. The monoisotopic (exact) mass is 1760 g/mol. The number of nitro groups is 1. The van der Waals surface area contributed by atoms with Gasteiger partial charge in [0.15, 0.2) is 5.78 Å². The van der Waals surface area contributed by atoms with Crippen LogP contribution < -0.4 is 47.2 Å². The van der Waals surface area contributed by atoms with Gasteiger partial charge in [0, 0.05) is 172 Å². The van der Waals surface area contributed by atoms with Crippen LogP contribution in [0.2, 0.25) is 0 Å².